The van der Waals surface area contributed by atoms with Gasteiger partial charge in [-0.1, -0.05) is 35.5 Å². The largest absolute Gasteiger partial charge is 0.494 e. The topological polar surface area (TPSA) is 74.7 Å². The number of esters is 1. The summed E-state index contributed by atoms with van der Waals surface area (Å²) in [6, 6.07) is 18.7. The van der Waals surface area contributed by atoms with Gasteiger partial charge in [-0.25, -0.2) is 0 Å². The molecule has 0 bridgehead atoms. The molecule has 0 spiro atoms. The van der Waals surface area contributed by atoms with Gasteiger partial charge in [0, 0.05) is 11.5 Å². The van der Waals surface area contributed by atoms with Crippen molar-refractivity contribution >= 4 is 16.9 Å². The van der Waals surface area contributed by atoms with E-state index in [4.69, 9.17) is 18.4 Å². The summed E-state index contributed by atoms with van der Waals surface area (Å²) >= 11 is 0. The van der Waals surface area contributed by atoms with Crippen LogP contribution in [0, 0.1) is 0 Å². The van der Waals surface area contributed by atoms with Crippen LogP contribution < -0.4 is 4.74 Å². The Morgan fingerprint density at radius 1 is 1.04 bits per heavy atom. The Labute approximate surface area is 161 Å². The summed E-state index contributed by atoms with van der Waals surface area (Å²) < 4.78 is 21.7. The van der Waals surface area contributed by atoms with Crippen molar-refractivity contribution < 1.29 is 23.2 Å². The lowest BCUT2D eigenvalue weighted by atomic mass is 10.1. The van der Waals surface area contributed by atoms with Gasteiger partial charge in [0.15, 0.2) is 5.76 Å². The molecule has 28 heavy (non-hydrogen) atoms. The summed E-state index contributed by atoms with van der Waals surface area (Å²) in [7, 11) is 0. The van der Waals surface area contributed by atoms with Gasteiger partial charge in [-0.2, -0.15) is 0 Å². The highest BCUT2D eigenvalue weighted by molar-refractivity contribution is 5.81. The van der Waals surface area contributed by atoms with Crippen LogP contribution in [-0.4, -0.2) is 17.7 Å². The Balaban J connectivity index is 1.34. The van der Waals surface area contributed by atoms with Gasteiger partial charge >= 0.3 is 5.97 Å². The molecule has 2 heterocycles. The molecule has 0 radical (unpaired) electrons. The molecule has 2 aromatic heterocycles. The second kappa shape index (κ2) is 8.00. The van der Waals surface area contributed by atoms with E-state index in [0.717, 1.165) is 22.3 Å². The molecule has 0 saturated carbocycles. The van der Waals surface area contributed by atoms with Crippen molar-refractivity contribution in [2.24, 2.45) is 0 Å². The second-order valence-corrected chi connectivity index (χ2v) is 6.25. The van der Waals surface area contributed by atoms with E-state index in [-0.39, 0.29) is 19.0 Å². The quantitative estimate of drug-likeness (QED) is 0.432. The maximum absolute atomic E-state index is 12.1. The van der Waals surface area contributed by atoms with Gasteiger partial charge in [-0.15, -0.1) is 0 Å². The molecule has 0 fully saturated rings. The summed E-state index contributed by atoms with van der Waals surface area (Å²) in [5, 5.41) is 4.93. The Morgan fingerprint density at radius 3 is 2.64 bits per heavy atom. The zero-order valence-electron chi connectivity index (χ0n) is 15.4. The van der Waals surface area contributed by atoms with Crippen LogP contribution >= 0.6 is 0 Å². The van der Waals surface area contributed by atoms with E-state index in [0.29, 0.717) is 23.8 Å². The number of aromatic nitrogens is 1. The lowest BCUT2D eigenvalue weighted by Crippen LogP contribution is -2.08. The third-order valence-corrected chi connectivity index (χ3v) is 4.19. The molecule has 6 heteroatoms. The standard InChI is InChI=1S/C22H19NO5/c1-2-25-18-9-7-15(8-10-18)11-22(24)26-14-17-13-21(28-23-17)20-12-16-5-3-4-6-19(16)27-20/h3-10,12-13H,2,11,14H2,1H3. The number of carbonyl (C=O) groups excluding carboxylic acids is 1. The number of fused-ring (bicyclic) bond motifs is 1. The maximum atomic E-state index is 12.1. The van der Waals surface area contributed by atoms with E-state index < -0.39 is 0 Å². The van der Waals surface area contributed by atoms with Gasteiger partial charge < -0.3 is 18.4 Å². The zero-order valence-corrected chi connectivity index (χ0v) is 15.4. The summed E-state index contributed by atoms with van der Waals surface area (Å²) in [6.45, 7) is 2.57. The number of nitrogens with zero attached hydrogens (tertiary/aromatic N) is 1. The predicted molar refractivity (Wildman–Crippen MR) is 103 cm³/mol. The molecule has 0 aliphatic heterocycles. The van der Waals surface area contributed by atoms with Crippen LogP contribution in [0.4, 0.5) is 0 Å². The van der Waals surface area contributed by atoms with Crippen molar-refractivity contribution in [1.82, 2.24) is 5.16 Å². The molecule has 0 N–H and O–H groups in total. The molecule has 0 aliphatic rings. The Bertz CT molecular complexity index is 1040. The lowest BCUT2D eigenvalue weighted by Gasteiger charge is -2.05. The van der Waals surface area contributed by atoms with Crippen LogP contribution in [0.3, 0.4) is 0 Å². The SMILES string of the molecule is CCOc1ccc(CC(=O)OCc2cc(-c3cc4ccccc4o3)on2)cc1. The van der Waals surface area contributed by atoms with Gasteiger partial charge in [0.05, 0.1) is 13.0 Å². The highest BCUT2D eigenvalue weighted by atomic mass is 16.5. The van der Waals surface area contributed by atoms with Crippen LogP contribution in [-0.2, 0) is 22.6 Å². The summed E-state index contributed by atoms with van der Waals surface area (Å²) in [5.41, 5.74) is 2.16. The fourth-order valence-electron chi connectivity index (χ4n) is 2.84. The third kappa shape index (κ3) is 4.06. The van der Waals surface area contributed by atoms with Gasteiger partial charge in [0.1, 0.15) is 23.6 Å². The fourth-order valence-corrected chi connectivity index (χ4v) is 2.84. The highest BCUT2D eigenvalue weighted by Crippen LogP contribution is 2.28. The second-order valence-electron chi connectivity index (χ2n) is 6.25. The molecule has 0 unspecified atom stereocenters. The average Bonchev–Trinajstić information content (AvgIpc) is 3.35. The van der Waals surface area contributed by atoms with Gasteiger partial charge in [0.2, 0.25) is 5.76 Å². The number of ether oxygens (including phenoxy) is 2. The minimum absolute atomic E-state index is 0.0413. The van der Waals surface area contributed by atoms with Crippen molar-refractivity contribution in [2.45, 2.75) is 20.0 Å². The first-order chi connectivity index (χ1) is 13.7. The molecule has 0 amide bonds. The molecular weight excluding hydrogens is 358 g/mol. The number of hydrogen-bond donors (Lipinski definition) is 0. The van der Waals surface area contributed by atoms with Crippen molar-refractivity contribution in [3.63, 3.8) is 0 Å². The highest BCUT2D eigenvalue weighted by Gasteiger charge is 2.13. The first kappa shape index (κ1) is 17.9. The molecular formula is C22H19NO5. The average molecular weight is 377 g/mol. The van der Waals surface area contributed by atoms with Crippen LogP contribution in [0.25, 0.3) is 22.5 Å². The first-order valence-corrected chi connectivity index (χ1v) is 9.03. The van der Waals surface area contributed by atoms with Crippen LogP contribution in [0.2, 0.25) is 0 Å². The van der Waals surface area contributed by atoms with E-state index in [9.17, 15) is 4.79 Å². The summed E-state index contributed by atoms with van der Waals surface area (Å²) in [5.74, 6) is 1.52. The fraction of sp³-hybridized carbons (Fsp3) is 0.182. The van der Waals surface area contributed by atoms with Crippen molar-refractivity contribution in [2.75, 3.05) is 6.61 Å². The number of rotatable bonds is 7. The number of benzene rings is 2. The summed E-state index contributed by atoms with van der Waals surface area (Å²) in [4.78, 5) is 12.1. The zero-order chi connectivity index (χ0) is 19.3. The number of para-hydroxylation sites is 1. The Kier molecular flexibility index (Phi) is 5.10. The van der Waals surface area contributed by atoms with Crippen LogP contribution in [0.1, 0.15) is 18.2 Å². The molecule has 2 aromatic carbocycles. The monoisotopic (exact) mass is 377 g/mol. The molecule has 0 saturated heterocycles. The van der Waals surface area contributed by atoms with Gasteiger partial charge in [-0.3, -0.25) is 4.79 Å². The smallest absolute Gasteiger partial charge is 0.310 e. The molecule has 4 rings (SSSR count). The van der Waals surface area contributed by atoms with Gasteiger partial charge in [0.25, 0.3) is 0 Å². The van der Waals surface area contributed by atoms with E-state index in [2.05, 4.69) is 5.16 Å². The Hall–Kier alpha value is -3.54. The van der Waals surface area contributed by atoms with E-state index in [1.54, 1.807) is 6.07 Å². The minimum Gasteiger partial charge on any atom is -0.494 e. The maximum Gasteiger partial charge on any atom is 0.310 e. The minimum atomic E-state index is -0.336. The molecule has 142 valence electrons. The molecule has 0 atom stereocenters. The number of hydrogen-bond acceptors (Lipinski definition) is 6. The van der Waals surface area contributed by atoms with E-state index >= 15 is 0 Å². The van der Waals surface area contributed by atoms with Gasteiger partial charge in [-0.05, 0) is 36.8 Å². The number of furan rings is 1. The van der Waals surface area contributed by atoms with Crippen molar-refractivity contribution in [1.29, 1.82) is 0 Å². The van der Waals surface area contributed by atoms with E-state index in [1.807, 2.05) is 61.5 Å². The molecule has 4 aromatic rings. The lowest BCUT2D eigenvalue weighted by molar-refractivity contribution is -0.144. The molecule has 0 aliphatic carbocycles. The van der Waals surface area contributed by atoms with Crippen molar-refractivity contribution in [3.05, 3.63) is 71.9 Å². The number of carbonyl (C=O) groups is 1. The predicted octanol–water partition coefficient (Wildman–Crippen LogP) is 4.77. The van der Waals surface area contributed by atoms with Crippen LogP contribution in [0.5, 0.6) is 5.75 Å². The third-order valence-electron chi connectivity index (χ3n) is 4.19. The summed E-state index contributed by atoms with van der Waals surface area (Å²) in [6.07, 6.45) is 0.181. The molecule has 6 nitrogen and oxygen atoms in total. The van der Waals surface area contributed by atoms with Crippen LogP contribution in [0.15, 0.2) is 69.6 Å². The van der Waals surface area contributed by atoms with E-state index in [1.165, 1.54) is 0 Å². The van der Waals surface area contributed by atoms with Crippen molar-refractivity contribution in [3.8, 4) is 17.3 Å². The normalized spacial score (nSPS) is 10.9. The first-order valence-electron chi connectivity index (χ1n) is 9.03. The Morgan fingerprint density at radius 2 is 1.86 bits per heavy atom.